The number of hydrogen-bond acceptors (Lipinski definition) is 3. The molecule has 0 aromatic heterocycles. The second-order valence-corrected chi connectivity index (χ2v) is 9.23. The van der Waals surface area contributed by atoms with Crippen molar-refractivity contribution in [3.63, 3.8) is 0 Å². The van der Waals surface area contributed by atoms with Gasteiger partial charge < -0.3 is 9.64 Å². The van der Waals surface area contributed by atoms with Gasteiger partial charge in [0.05, 0.1) is 0 Å². The van der Waals surface area contributed by atoms with Gasteiger partial charge in [0.25, 0.3) is 5.91 Å². The third-order valence-corrected chi connectivity index (χ3v) is 6.28. The van der Waals surface area contributed by atoms with E-state index < -0.39 is 0 Å². The Bertz CT molecular complexity index is 614. The van der Waals surface area contributed by atoms with Crippen LogP contribution >= 0.6 is 0 Å². The lowest BCUT2D eigenvalue weighted by atomic mass is 9.87. The third kappa shape index (κ3) is 5.04. The molecule has 0 spiro atoms. The average Bonchev–Trinajstić information content (AvgIpc) is 3.20. The van der Waals surface area contributed by atoms with Gasteiger partial charge in [0.2, 0.25) is 0 Å². The van der Waals surface area contributed by atoms with Crippen LogP contribution in [-0.2, 0) is 10.2 Å². The number of ether oxygens (including phenoxy) is 1. The van der Waals surface area contributed by atoms with Crippen molar-refractivity contribution in [2.45, 2.75) is 76.8 Å². The number of hydrogen-bond donors (Lipinski definition) is 0. The Morgan fingerprint density at radius 2 is 1.70 bits per heavy atom. The van der Waals surface area contributed by atoms with Crippen LogP contribution in [0.5, 0.6) is 5.75 Å². The highest BCUT2D eigenvalue weighted by Crippen LogP contribution is 2.29. The minimum atomic E-state index is 0.0889. The lowest BCUT2D eigenvalue weighted by Gasteiger charge is -2.42. The number of rotatable bonds is 5. The SMILES string of the molecule is CN(C(=O)COc1ccc(C(C)(C)C)cc1)[C@@H]1CCCC[C@H]1N1CCCC1. The second kappa shape index (κ2) is 8.64. The topological polar surface area (TPSA) is 32.8 Å². The predicted molar refractivity (Wildman–Crippen MR) is 110 cm³/mol. The summed E-state index contributed by atoms with van der Waals surface area (Å²) in [7, 11) is 1.97. The summed E-state index contributed by atoms with van der Waals surface area (Å²) < 4.78 is 5.80. The van der Waals surface area contributed by atoms with Crippen LogP contribution in [0.2, 0.25) is 0 Å². The Labute approximate surface area is 164 Å². The number of carbonyl (C=O) groups excluding carboxylic acids is 1. The smallest absolute Gasteiger partial charge is 0.260 e. The number of nitrogens with zero attached hydrogens (tertiary/aromatic N) is 2. The molecule has 4 nitrogen and oxygen atoms in total. The quantitative estimate of drug-likeness (QED) is 0.775. The molecular weight excluding hydrogens is 336 g/mol. The van der Waals surface area contributed by atoms with Crippen molar-refractivity contribution in [1.82, 2.24) is 9.80 Å². The Kier molecular flexibility index (Phi) is 6.46. The van der Waals surface area contributed by atoms with Crippen molar-refractivity contribution in [2.24, 2.45) is 0 Å². The first-order chi connectivity index (χ1) is 12.9. The molecule has 0 N–H and O–H groups in total. The summed E-state index contributed by atoms with van der Waals surface area (Å²) in [6.45, 7) is 9.10. The summed E-state index contributed by atoms with van der Waals surface area (Å²) in [5.74, 6) is 0.857. The van der Waals surface area contributed by atoms with E-state index in [4.69, 9.17) is 4.74 Å². The van der Waals surface area contributed by atoms with Gasteiger partial charge in [0.15, 0.2) is 6.61 Å². The number of likely N-dealkylation sites (tertiary alicyclic amines) is 1. The molecule has 27 heavy (non-hydrogen) atoms. The van der Waals surface area contributed by atoms with Crippen molar-refractivity contribution in [3.8, 4) is 5.75 Å². The molecule has 4 heteroatoms. The van der Waals surface area contributed by atoms with Crippen LogP contribution in [0, 0.1) is 0 Å². The molecule has 2 atom stereocenters. The molecule has 0 radical (unpaired) electrons. The molecule has 1 saturated heterocycles. The first-order valence-electron chi connectivity index (χ1n) is 10.6. The highest BCUT2D eigenvalue weighted by molar-refractivity contribution is 5.78. The molecule has 1 amide bonds. The lowest BCUT2D eigenvalue weighted by molar-refractivity contribution is -0.136. The average molecular weight is 373 g/mol. The largest absolute Gasteiger partial charge is 0.484 e. The van der Waals surface area contributed by atoms with Crippen LogP contribution in [-0.4, -0.2) is 54.5 Å². The van der Waals surface area contributed by atoms with Gasteiger partial charge in [-0.2, -0.15) is 0 Å². The summed E-state index contributed by atoms with van der Waals surface area (Å²) in [5.41, 5.74) is 1.40. The fourth-order valence-electron chi connectivity index (χ4n) is 4.53. The van der Waals surface area contributed by atoms with Crippen molar-refractivity contribution in [2.75, 3.05) is 26.7 Å². The van der Waals surface area contributed by atoms with E-state index in [9.17, 15) is 4.79 Å². The normalized spacial score (nSPS) is 24.0. The first kappa shape index (κ1) is 20.2. The van der Waals surface area contributed by atoms with Gasteiger partial charge in [-0.05, 0) is 61.9 Å². The van der Waals surface area contributed by atoms with E-state index in [-0.39, 0.29) is 17.9 Å². The van der Waals surface area contributed by atoms with Crippen molar-refractivity contribution in [1.29, 1.82) is 0 Å². The zero-order valence-electron chi connectivity index (χ0n) is 17.5. The van der Waals surface area contributed by atoms with Gasteiger partial charge in [0, 0.05) is 19.1 Å². The maximum atomic E-state index is 12.8. The zero-order chi connectivity index (χ0) is 19.4. The van der Waals surface area contributed by atoms with E-state index in [0.717, 1.165) is 12.2 Å². The number of amides is 1. The molecule has 0 bridgehead atoms. The van der Waals surface area contributed by atoms with Gasteiger partial charge in [-0.1, -0.05) is 45.7 Å². The van der Waals surface area contributed by atoms with Crippen LogP contribution in [0.25, 0.3) is 0 Å². The molecule has 1 aromatic carbocycles. The van der Waals surface area contributed by atoms with Gasteiger partial charge >= 0.3 is 0 Å². The van der Waals surface area contributed by atoms with E-state index in [0.29, 0.717) is 12.1 Å². The van der Waals surface area contributed by atoms with Crippen molar-refractivity contribution < 1.29 is 9.53 Å². The number of likely N-dealkylation sites (N-methyl/N-ethyl adjacent to an activating group) is 1. The molecule has 1 aliphatic heterocycles. The van der Waals surface area contributed by atoms with Crippen molar-refractivity contribution in [3.05, 3.63) is 29.8 Å². The molecule has 150 valence electrons. The molecular formula is C23H36N2O2. The van der Waals surface area contributed by atoms with E-state index in [1.54, 1.807) is 0 Å². The standard InChI is InChI=1S/C23H36N2O2/c1-23(2,3)18-11-13-19(14-12-18)27-17-22(26)24(4)20-9-5-6-10-21(20)25-15-7-8-16-25/h11-14,20-21H,5-10,15-17H2,1-4H3/t20-,21-/m1/s1. The van der Waals surface area contributed by atoms with E-state index in [1.165, 1.54) is 50.8 Å². The van der Waals surface area contributed by atoms with Gasteiger partial charge in [0.1, 0.15) is 5.75 Å². The lowest BCUT2D eigenvalue weighted by Crippen LogP contribution is -2.53. The highest BCUT2D eigenvalue weighted by Gasteiger charge is 2.35. The first-order valence-corrected chi connectivity index (χ1v) is 10.6. The van der Waals surface area contributed by atoms with Gasteiger partial charge in [-0.15, -0.1) is 0 Å². The van der Waals surface area contributed by atoms with Gasteiger partial charge in [-0.3, -0.25) is 9.69 Å². The molecule has 1 heterocycles. The Morgan fingerprint density at radius 3 is 2.33 bits per heavy atom. The molecule has 1 aromatic rings. The van der Waals surface area contributed by atoms with Gasteiger partial charge in [-0.25, -0.2) is 0 Å². The van der Waals surface area contributed by atoms with Crippen molar-refractivity contribution >= 4 is 5.91 Å². The minimum absolute atomic E-state index is 0.0889. The van der Waals surface area contributed by atoms with E-state index in [2.05, 4.69) is 37.8 Å². The summed E-state index contributed by atoms with van der Waals surface area (Å²) in [4.78, 5) is 17.4. The minimum Gasteiger partial charge on any atom is -0.484 e. The predicted octanol–water partition coefficient (Wildman–Crippen LogP) is 4.23. The molecule has 0 unspecified atom stereocenters. The molecule has 1 aliphatic carbocycles. The van der Waals surface area contributed by atoms with E-state index in [1.807, 2.05) is 24.1 Å². The molecule has 1 saturated carbocycles. The second-order valence-electron chi connectivity index (χ2n) is 9.23. The summed E-state index contributed by atoms with van der Waals surface area (Å²) >= 11 is 0. The third-order valence-electron chi connectivity index (χ3n) is 6.28. The van der Waals surface area contributed by atoms with Crippen LogP contribution in [0.3, 0.4) is 0 Å². The monoisotopic (exact) mass is 372 g/mol. The molecule has 2 aliphatic rings. The molecule has 3 rings (SSSR count). The Morgan fingerprint density at radius 1 is 1.07 bits per heavy atom. The highest BCUT2D eigenvalue weighted by atomic mass is 16.5. The Balaban J connectivity index is 1.56. The summed E-state index contributed by atoms with van der Waals surface area (Å²) in [6.07, 6.45) is 7.45. The zero-order valence-corrected chi connectivity index (χ0v) is 17.5. The van der Waals surface area contributed by atoms with E-state index >= 15 is 0 Å². The fourth-order valence-corrected chi connectivity index (χ4v) is 4.53. The van der Waals surface area contributed by atoms with Crippen LogP contribution in [0.1, 0.15) is 64.9 Å². The number of carbonyl (C=O) groups is 1. The number of benzene rings is 1. The fraction of sp³-hybridized carbons (Fsp3) is 0.696. The summed E-state index contributed by atoms with van der Waals surface area (Å²) in [6, 6.07) is 8.99. The van der Waals surface area contributed by atoms with Crippen LogP contribution < -0.4 is 4.74 Å². The molecule has 2 fully saturated rings. The van der Waals surface area contributed by atoms with Crippen LogP contribution in [0.15, 0.2) is 24.3 Å². The maximum Gasteiger partial charge on any atom is 0.260 e. The van der Waals surface area contributed by atoms with Crippen LogP contribution in [0.4, 0.5) is 0 Å². The summed E-state index contributed by atoms with van der Waals surface area (Å²) in [5, 5.41) is 0. The Hall–Kier alpha value is -1.55. The maximum absolute atomic E-state index is 12.8.